The van der Waals surface area contributed by atoms with E-state index in [4.69, 9.17) is 10.5 Å². The first-order chi connectivity index (χ1) is 9.65. The molecule has 0 amide bonds. The minimum atomic E-state index is 0.527. The van der Waals surface area contributed by atoms with Crippen LogP contribution in [0, 0.1) is 11.3 Å². The van der Waals surface area contributed by atoms with Gasteiger partial charge in [-0.2, -0.15) is 5.26 Å². The Kier molecular flexibility index (Phi) is 4.49. The Labute approximate surface area is 126 Å². The van der Waals surface area contributed by atoms with Gasteiger partial charge in [0.2, 0.25) is 0 Å². The summed E-state index contributed by atoms with van der Waals surface area (Å²) in [6, 6.07) is 13.2. The fourth-order valence-corrected chi connectivity index (χ4v) is 2.37. The monoisotopic (exact) mass is 331 g/mol. The maximum absolute atomic E-state index is 9.18. The van der Waals surface area contributed by atoms with Gasteiger partial charge in [-0.25, -0.2) is 0 Å². The molecule has 0 unspecified atom stereocenters. The number of nitrogens with zero attached hydrogens (tertiary/aromatic N) is 1. The van der Waals surface area contributed by atoms with Crippen LogP contribution in [0.4, 0.5) is 11.4 Å². The van der Waals surface area contributed by atoms with Gasteiger partial charge in [0.25, 0.3) is 0 Å². The predicted molar refractivity (Wildman–Crippen MR) is 83.6 cm³/mol. The van der Waals surface area contributed by atoms with Gasteiger partial charge < -0.3 is 15.8 Å². The summed E-state index contributed by atoms with van der Waals surface area (Å²) in [5.41, 5.74) is 8.76. The first kappa shape index (κ1) is 14.2. The van der Waals surface area contributed by atoms with Crippen molar-refractivity contribution >= 4 is 27.3 Å². The Bertz CT molecular complexity index is 665. The molecule has 20 heavy (non-hydrogen) atoms. The molecule has 0 aliphatic carbocycles. The number of hydrogen-bond donors (Lipinski definition) is 2. The van der Waals surface area contributed by atoms with Crippen molar-refractivity contribution in [2.75, 3.05) is 18.2 Å². The van der Waals surface area contributed by atoms with E-state index >= 15 is 0 Å². The molecule has 0 aromatic heterocycles. The van der Waals surface area contributed by atoms with E-state index in [-0.39, 0.29) is 0 Å². The summed E-state index contributed by atoms with van der Waals surface area (Å²) in [5.74, 6) is 0.764. The van der Waals surface area contributed by atoms with Gasteiger partial charge in [0.1, 0.15) is 11.8 Å². The fourth-order valence-electron chi connectivity index (χ4n) is 1.91. The van der Waals surface area contributed by atoms with E-state index in [1.54, 1.807) is 13.2 Å². The number of hydrogen-bond acceptors (Lipinski definition) is 4. The van der Waals surface area contributed by atoms with Crippen LogP contribution < -0.4 is 15.8 Å². The van der Waals surface area contributed by atoms with Crippen molar-refractivity contribution in [2.45, 2.75) is 6.54 Å². The molecule has 2 rings (SSSR count). The molecular weight excluding hydrogens is 318 g/mol. The minimum Gasteiger partial charge on any atom is -0.496 e. The quantitative estimate of drug-likeness (QED) is 0.841. The Hall–Kier alpha value is -2.19. The van der Waals surface area contributed by atoms with Crippen molar-refractivity contribution in [3.63, 3.8) is 0 Å². The van der Waals surface area contributed by atoms with Crippen molar-refractivity contribution < 1.29 is 4.74 Å². The van der Waals surface area contributed by atoms with Crippen LogP contribution in [0.2, 0.25) is 0 Å². The van der Waals surface area contributed by atoms with Crippen LogP contribution in [-0.4, -0.2) is 7.11 Å². The molecule has 0 saturated carbocycles. The van der Waals surface area contributed by atoms with Crippen molar-refractivity contribution in [3.05, 3.63) is 52.0 Å². The Morgan fingerprint density at radius 2 is 2.15 bits per heavy atom. The third-order valence-corrected chi connectivity index (χ3v) is 3.56. The lowest BCUT2D eigenvalue weighted by Gasteiger charge is -2.12. The molecule has 0 radical (unpaired) electrons. The van der Waals surface area contributed by atoms with E-state index in [9.17, 15) is 5.26 Å². The summed E-state index contributed by atoms with van der Waals surface area (Å²) < 4.78 is 6.07. The molecule has 0 fully saturated rings. The van der Waals surface area contributed by atoms with Gasteiger partial charge in [-0.1, -0.05) is 6.07 Å². The number of nitrogen functional groups attached to an aromatic ring is 1. The van der Waals surface area contributed by atoms with E-state index in [1.165, 1.54) is 0 Å². The standard InChI is InChI=1S/C15H14BrN3O/c1-20-15-6-5-11(18)7-10(15)9-19-14-4-2-3-13(16)12(14)8-17/h2-7,19H,9,18H2,1H3. The Morgan fingerprint density at radius 3 is 2.85 bits per heavy atom. The molecule has 0 aliphatic heterocycles. The Morgan fingerprint density at radius 1 is 1.35 bits per heavy atom. The molecule has 102 valence electrons. The van der Waals surface area contributed by atoms with Crippen molar-refractivity contribution in [1.82, 2.24) is 0 Å². The normalized spacial score (nSPS) is 9.85. The van der Waals surface area contributed by atoms with Gasteiger partial charge in [-0.15, -0.1) is 0 Å². The van der Waals surface area contributed by atoms with Crippen LogP contribution in [0.1, 0.15) is 11.1 Å². The highest BCUT2D eigenvalue weighted by atomic mass is 79.9. The molecular formula is C15H14BrN3O. The highest BCUT2D eigenvalue weighted by Gasteiger charge is 2.08. The largest absolute Gasteiger partial charge is 0.496 e. The first-order valence-electron chi connectivity index (χ1n) is 6.00. The van der Waals surface area contributed by atoms with E-state index < -0.39 is 0 Å². The second kappa shape index (κ2) is 6.31. The van der Waals surface area contributed by atoms with Gasteiger partial charge in [0.05, 0.1) is 18.4 Å². The van der Waals surface area contributed by atoms with Crippen LogP contribution in [0.25, 0.3) is 0 Å². The number of anilines is 2. The lowest BCUT2D eigenvalue weighted by atomic mass is 10.1. The minimum absolute atomic E-state index is 0.527. The van der Waals surface area contributed by atoms with Crippen LogP contribution in [0.5, 0.6) is 5.75 Å². The van der Waals surface area contributed by atoms with Crippen LogP contribution in [-0.2, 0) is 6.54 Å². The van der Waals surface area contributed by atoms with E-state index in [1.807, 2.05) is 30.3 Å². The summed E-state index contributed by atoms with van der Waals surface area (Å²) in [6.45, 7) is 0.527. The molecule has 0 aliphatic rings. The lowest BCUT2D eigenvalue weighted by molar-refractivity contribution is 0.410. The molecule has 0 heterocycles. The third kappa shape index (κ3) is 3.03. The number of nitriles is 1. The zero-order valence-corrected chi connectivity index (χ0v) is 12.6. The highest BCUT2D eigenvalue weighted by Crippen LogP contribution is 2.26. The van der Waals surface area contributed by atoms with Gasteiger partial charge in [-0.05, 0) is 46.3 Å². The number of nitrogens with two attached hydrogens (primary N) is 1. The number of rotatable bonds is 4. The van der Waals surface area contributed by atoms with Gasteiger partial charge in [-0.3, -0.25) is 0 Å². The lowest BCUT2D eigenvalue weighted by Crippen LogP contribution is -2.04. The van der Waals surface area contributed by atoms with E-state index in [2.05, 4.69) is 27.3 Å². The average molecular weight is 332 g/mol. The van der Waals surface area contributed by atoms with Gasteiger partial charge in [0, 0.05) is 22.3 Å². The van der Waals surface area contributed by atoms with Crippen molar-refractivity contribution in [1.29, 1.82) is 5.26 Å². The summed E-state index contributed by atoms with van der Waals surface area (Å²) in [6.07, 6.45) is 0. The maximum atomic E-state index is 9.18. The topological polar surface area (TPSA) is 71.1 Å². The molecule has 0 spiro atoms. The molecule has 0 bridgehead atoms. The first-order valence-corrected chi connectivity index (χ1v) is 6.80. The molecule has 5 heteroatoms. The van der Waals surface area contributed by atoms with Crippen LogP contribution in [0.3, 0.4) is 0 Å². The van der Waals surface area contributed by atoms with Crippen LogP contribution in [0.15, 0.2) is 40.9 Å². The number of ether oxygens (including phenoxy) is 1. The van der Waals surface area contributed by atoms with E-state index in [0.717, 1.165) is 21.5 Å². The number of methoxy groups -OCH3 is 1. The third-order valence-electron chi connectivity index (χ3n) is 2.90. The number of nitrogens with one attached hydrogen (secondary N) is 1. The SMILES string of the molecule is COc1ccc(N)cc1CNc1cccc(Br)c1C#N. The molecule has 2 aromatic rings. The van der Waals surface area contributed by atoms with Gasteiger partial charge in [0.15, 0.2) is 0 Å². The molecule has 3 N–H and O–H groups in total. The summed E-state index contributed by atoms with van der Waals surface area (Å²) in [4.78, 5) is 0. The second-order valence-corrected chi connectivity index (χ2v) is 5.05. The van der Waals surface area contributed by atoms with Crippen LogP contribution >= 0.6 is 15.9 Å². The van der Waals surface area contributed by atoms with Crippen molar-refractivity contribution in [2.24, 2.45) is 0 Å². The summed E-state index contributed by atoms with van der Waals surface area (Å²) >= 11 is 3.37. The smallest absolute Gasteiger partial charge is 0.123 e. The second-order valence-electron chi connectivity index (χ2n) is 4.20. The average Bonchev–Trinajstić information content (AvgIpc) is 2.45. The molecule has 2 aromatic carbocycles. The molecule has 0 atom stereocenters. The van der Waals surface area contributed by atoms with Gasteiger partial charge >= 0.3 is 0 Å². The molecule has 0 saturated heterocycles. The predicted octanol–water partition coefficient (Wildman–Crippen LogP) is 3.52. The summed E-state index contributed by atoms with van der Waals surface area (Å²) in [7, 11) is 1.62. The highest BCUT2D eigenvalue weighted by molar-refractivity contribution is 9.10. The molecule has 4 nitrogen and oxygen atoms in total. The number of benzene rings is 2. The maximum Gasteiger partial charge on any atom is 0.123 e. The Balaban J connectivity index is 2.24. The summed E-state index contributed by atoms with van der Waals surface area (Å²) in [5, 5.41) is 12.4. The zero-order chi connectivity index (χ0) is 14.5. The van der Waals surface area contributed by atoms with E-state index in [0.29, 0.717) is 17.8 Å². The zero-order valence-electron chi connectivity index (χ0n) is 11.0. The fraction of sp³-hybridized carbons (Fsp3) is 0.133. The van der Waals surface area contributed by atoms with Crippen molar-refractivity contribution in [3.8, 4) is 11.8 Å². The number of halogens is 1.